The molecule has 10 heteroatoms. The zero-order valence-corrected chi connectivity index (χ0v) is 22.3. The summed E-state index contributed by atoms with van der Waals surface area (Å²) < 4.78 is 38.1. The van der Waals surface area contributed by atoms with Crippen molar-refractivity contribution in [2.45, 2.75) is 109 Å². The SMILES string of the molecule is CCS(=O)(=O)NC1CCC(C2CCC3C(C2)N(C(=O)OC2CCOCC2)C[C@H](C)N3C(C)=O)CC1. The number of rotatable bonds is 5. The summed E-state index contributed by atoms with van der Waals surface area (Å²) in [7, 11) is -3.18. The Morgan fingerprint density at radius 3 is 2.26 bits per heavy atom. The molecule has 0 radical (unpaired) electrons. The third-order valence-corrected chi connectivity index (χ3v) is 10.2. The van der Waals surface area contributed by atoms with Crippen LogP contribution >= 0.6 is 0 Å². The summed E-state index contributed by atoms with van der Waals surface area (Å²) in [6, 6.07) is -0.00302. The van der Waals surface area contributed by atoms with Crippen LogP contribution in [0.3, 0.4) is 0 Å². The zero-order valence-electron chi connectivity index (χ0n) is 21.5. The molecule has 1 N–H and O–H groups in total. The van der Waals surface area contributed by atoms with Gasteiger partial charge in [0.15, 0.2) is 0 Å². The summed E-state index contributed by atoms with van der Waals surface area (Å²) in [5.74, 6) is 1.19. The van der Waals surface area contributed by atoms with Crippen LogP contribution < -0.4 is 4.72 Å². The summed E-state index contributed by atoms with van der Waals surface area (Å²) in [4.78, 5) is 29.8. The van der Waals surface area contributed by atoms with Crippen molar-refractivity contribution in [3.8, 4) is 0 Å². The first kappa shape index (κ1) is 26.7. The predicted octanol–water partition coefficient (Wildman–Crippen LogP) is 2.89. The summed E-state index contributed by atoms with van der Waals surface area (Å²) in [6.45, 7) is 7.07. The van der Waals surface area contributed by atoms with Gasteiger partial charge in [-0.15, -0.1) is 0 Å². The van der Waals surface area contributed by atoms with Crippen LogP contribution in [-0.2, 0) is 24.3 Å². The van der Waals surface area contributed by atoms with Crippen LogP contribution in [0.5, 0.6) is 0 Å². The van der Waals surface area contributed by atoms with Crippen LogP contribution in [0.2, 0.25) is 0 Å². The quantitative estimate of drug-likeness (QED) is 0.606. The lowest BCUT2D eigenvalue weighted by Gasteiger charge is -2.54. The number of hydrogen-bond acceptors (Lipinski definition) is 6. The van der Waals surface area contributed by atoms with E-state index in [1.54, 1.807) is 13.8 Å². The molecule has 2 saturated carbocycles. The lowest BCUT2D eigenvalue weighted by atomic mass is 9.69. The Kier molecular flexibility index (Phi) is 8.64. The van der Waals surface area contributed by atoms with E-state index in [0.717, 1.165) is 57.8 Å². The van der Waals surface area contributed by atoms with Crippen LogP contribution in [0.1, 0.15) is 78.6 Å². The smallest absolute Gasteiger partial charge is 0.410 e. The van der Waals surface area contributed by atoms with E-state index in [-0.39, 0.29) is 48.0 Å². The molecule has 2 amide bonds. The lowest BCUT2D eigenvalue weighted by Crippen LogP contribution is -2.67. The van der Waals surface area contributed by atoms with E-state index in [9.17, 15) is 18.0 Å². The Hall–Kier alpha value is -1.39. The summed E-state index contributed by atoms with van der Waals surface area (Å²) >= 11 is 0. The van der Waals surface area contributed by atoms with Crippen LogP contribution in [0, 0.1) is 11.8 Å². The van der Waals surface area contributed by atoms with Crippen LogP contribution in [0.15, 0.2) is 0 Å². The summed E-state index contributed by atoms with van der Waals surface area (Å²) in [5.41, 5.74) is 0. The first-order chi connectivity index (χ1) is 16.7. The van der Waals surface area contributed by atoms with Gasteiger partial charge >= 0.3 is 6.09 Å². The average molecular weight is 514 g/mol. The number of piperazine rings is 1. The molecule has 4 fully saturated rings. The highest BCUT2D eigenvalue weighted by molar-refractivity contribution is 7.89. The molecule has 0 spiro atoms. The van der Waals surface area contributed by atoms with Gasteiger partial charge in [0.05, 0.1) is 31.1 Å². The molecule has 35 heavy (non-hydrogen) atoms. The number of carbonyl (C=O) groups is 2. The molecule has 2 saturated heterocycles. The van der Waals surface area contributed by atoms with Crippen molar-refractivity contribution in [3.05, 3.63) is 0 Å². The van der Waals surface area contributed by atoms with Gasteiger partial charge in [-0.25, -0.2) is 17.9 Å². The maximum absolute atomic E-state index is 13.3. The summed E-state index contributed by atoms with van der Waals surface area (Å²) in [6.07, 6.45) is 7.64. The van der Waals surface area contributed by atoms with Gasteiger partial charge in [0.1, 0.15) is 6.10 Å². The van der Waals surface area contributed by atoms with Gasteiger partial charge in [-0.2, -0.15) is 0 Å². The molecule has 9 nitrogen and oxygen atoms in total. The molecule has 4 aliphatic rings. The fraction of sp³-hybridized carbons (Fsp3) is 0.920. The molecule has 2 heterocycles. The topological polar surface area (TPSA) is 105 Å². The predicted molar refractivity (Wildman–Crippen MR) is 132 cm³/mol. The van der Waals surface area contributed by atoms with E-state index < -0.39 is 10.0 Å². The normalized spacial score (nSPS) is 34.8. The van der Waals surface area contributed by atoms with Gasteiger partial charge in [0.25, 0.3) is 0 Å². The Bertz CT molecular complexity index is 853. The molecule has 0 aromatic rings. The van der Waals surface area contributed by atoms with Crippen molar-refractivity contribution in [1.82, 2.24) is 14.5 Å². The standard InChI is InChI=1S/C25H43N3O6S/c1-4-35(31,32)26-21-8-5-19(6-9-21)20-7-10-23-24(15-20)27(16-17(2)28(23)18(3)29)25(30)34-22-11-13-33-14-12-22/h17,19-24,26H,4-16H2,1-3H3/t17-,19?,20?,21?,23?,24?/m0/s1. The van der Waals surface area contributed by atoms with Gasteiger partial charge in [-0.1, -0.05) is 0 Å². The molecule has 2 aliphatic carbocycles. The van der Waals surface area contributed by atoms with Crippen molar-refractivity contribution in [2.75, 3.05) is 25.5 Å². The van der Waals surface area contributed by atoms with Gasteiger partial charge in [0, 0.05) is 38.4 Å². The lowest BCUT2D eigenvalue weighted by molar-refractivity contribution is -0.143. The number of amides is 2. The molecule has 0 aromatic carbocycles. The van der Waals surface area contributed by atoms with Gasteiger partial charge in [-0.3, -0.25) is 4.79 Å². The van der Waals surface area contributed by atoms with Crippen molar-refractivity contribution >= 4 is 22.0 Å². The van der Waals surface area contributed by atoms with E-state index in [2.05, 4.69) is 4.72 Å². The molecule has 2 aliphatic heterocycles. The number of hydrogen-bond donors (Lipinski definition) is 1. The first-order valence-corrected chi connectivity index (χ1v) is 15.2. The number of carbonyl (C=O) groups excluding carboxylic acids is 2. The maximum atomic E-state index is 13.3. The van der Waals surface area contributed by atoms with Gasteiger partial charge in [-0.05, 0) is 70.6 Å². The molecule has 0 aromatic heterocycles. The van der Waals surface area contributed by atoms with E-state index in [1.807, 2.05) is 16.7 Å². The second-order valence-corrected chi connectivity index (χ2v) is 13.0. The largest absolute Gasteiger partial charge is 0.446 e. The summed E-state index contributed by atoms with van der Waals surface area (Å²) in [5, 5.41) is 0. The minimum absolute atomic E-state index is 0.0298. The second-order valence-electron chi connectivity index (χ2n) is 11.0. The minimum atomic E-state index is -3.18. The monoisotopic (exact) mass is 513 g/mol. The third kappa shape index (κ3) is 6.31. The Balaban J connectivity index is 1.42. The highest BCUT2D eigenvalue weighted by Crippen LogP contribution is 2.43. The van der Waals surface area contributed by atoms with Crippen molar-refractivity contribution in [3.63, 3.8) is 0 Å². The highest BCUT2D eigenvalue weighted by atomic mass is 32.2. The van der Waals surface area contributed by atoms with E-state index in [1.165, 1.54) is 0 Å². The number of sulfonamides is 1. The van der Waals surface area contributed by atoms with Crippen molar-refractivity contribution in [2.24, 2.45) is 11.8 Å². The van der Waals surface area contributed by atoms with Gasteiger partial charge in [0.2, 0.25) is 15.9 Å². The molecular formula is C25H43N3O6S. The highest BCUT2D eigenvalue weighted by Gasteiger charge is 2.48. The number of ether oxygens (including phenoxy) is 2. The van der Waals surface area contributed by atoms with E-state index in [4.69, 9.17) is 9.47 Å². The second kappa shape index (κ2) is 11.3. The van der Waals surface area contributed by atoms with Crippen molar-refractivity contribution in [1.29, 1.82) is 0 Å². The van der Waals surface area contributed by atoms with E-state index >= 15 is 0 Å². The maximum Gasteiger partial charge on any atom is 0.410 e. The fourth-order valence-corrected chi connectivity index (χ4v) is 7.80. The number of nitrogens with one attached hydrogen (secondary N) is 1. The van der Waals surface area contributed by atoms with Gasteiger partial charge < -0.3 is 19.3 Å². The Labute approximate surface area is 210 Å². The number of nitrogens with zero attached hydrogens (tertiary/aromatic N) is 2. The molecule has 0 bridgehead atoms. The molecule has 4 atom stereocenters. The van der Waals surface area contributed by atoms with Crippen molar-refractivity contribution < 1.29 is 27.5 Å². The fourth-order valence-electron chi connectivity index (χ4n) is 6.89. The first-order valence-electron chi connectivity index (χ1n) is 13.5. The van der Waals surface area contributed by atoms with Crippen LogP contribution in [0.25, 0.3) is 0 Å². The third-order valence-electron chi connectivity index (χ3n) is 8.71. The molecular weight excluding hydrogens is 470 g/mol. The Morgan fingerprint density at radius 1 is 0.971 bits per heavy atom. The zero-order chi connectivity index (χ0) is 25.2. The average Bonchev–Trinajstić information content (AvgIpc) is 2.84. The molecule has 200 valence electrons. The Morgan fingerprint density at radius 2 is 1.63 bits per heavy atom. The van der Waals surface area contributed by atoms with E-state index in [0.29, 0.717) is 31.6 Å². The van der Waals surface area contributed by atoms with Crippen LogP contribution in [-0.4, -0.2) is 86.0 Å². The number of fused-ring (bicyclic) bond motifs is 1. The van der Waals surface area contributed by atoms with Crippen LogP contribution in [0.4, 0.5) is 4.79 Å². The molecule has 3 unspecified atom stereocenters. The minimum Gasteiger partial charge on any atom is -0.446 e. The molecule has 4 rings (SSSR count).